The Morgan fingerprint density at radius 2 is 1.79 bits per heavy atom. The Bertz CT molecular complexity index is 537. The standard InChI is InChI=1S/C18H19N/c1-2-16-12-8-13-18(15-16)19-14-7-6-11-17-9-4-3-5-10-17/h1,3-5,8-10,12-13,15,19H,6-7,11,14H2. The van der Waals surface area contributed by atoms with Crippen molar-refractivity contribution in [3.63, 3.8) is 0 Å². The summed E-state index contributed by atoms with van der Waals surface area (Å²) in [4.78, 5) is 0. The number of anilines is 1. The maximum absolute atomic E-state index is 5.38. The fraction of sp³-hybridized carbons (Fsp3) is 0.222. The number of rotatable bonds is 6. The van der Waals surface area contributed by atoms with Gasteiger partial charge in [0, 0.05) is 17.8 Å². The molecule has 0 saturated heterocycles. The van der Waals surface area contributed by atoms with Crippen LogP contribution in [0.25, 0.3) is 0 Å². The molecule has 0 saturated carbocycles. The van der Waals surface area contributed by atoms with Crippen molar-refractivity contribution >= 4 is 5.69 Å². The Hall–Kier alpha value is -2.20. The van der Waals surface area contributed by atoms with Gasteiger partial charge in [-0.05, 0) is 43.0 Å². The molecule has 0 aliphatic carbocycles. The molecule has 0 aliphatic heterocycles. The first kappa shape index (κ1) is 13.2. The molecule has 1 heteroatoms. The maximum Gasteiger partial charge on any atom is 0.0352 e. The molecule has 0 aliphatic rings. The normalized spacial score (nSPS) is 9.84. The van der Waals surface area contributed by atoms with Crippen LogP contribution >= 0.6 is 0 Å². The highest BCUT2D eigenvalue weighted by molar-refractivity contribution is 5.49. The summed E-state index contributed by atoms with van der Waals surface area (Å²) in [5.74, 6) is 2.65. The van der Waals surface area contributed by atoms with Gasteiger partial charge >= 0.3 is 0 Å². The van der Waals surface area contributed by atoms with Gasteiger partial charge in [-0.2, -0.15) is 0 Å². The number of benzene rings is 2. The number of aryl methyl sites for hydroxylation is 1. The summed E-state index contributed by atoms with van der Waals surface area (Å²) in [6.07, 6.45) is 8.89. The summed E-state index contributed by atoms with van der Waals surface area (Å²) in [5.41, 5.74) is 3.45. The smallest absolute Gasteiger partial charge is 0.0352 e. The molecule has 0 bridgehead atoms. The van der Waals surface area contributed by atoms with Crippen molar-refractivity contribution in [2.24, 2.45) is 0 Å². The average molecular weight is 249 g/mol. The van der Waals surface area contributed by atoms with E-state index < -0.39 is 0 Å². The number of unbranched alkanes of at least 4 members (excludes halogenated alkanes) is 1. The lowest BCUT2D eigenvalue weighted by Crippen LogP contribution is -2.02. The van der Waals surface area contributed by atoms with Gasteiger partial charge in [0.05, 0.1) is 0 Å². The lowest BCUT2D eigenvalue weighted by molar-refractivity contribution is 0.763. The number of hydrogen-bond acceptors (Lipinski definition) is 1. The van der Waals surface area contributed by atoms with E-state index in [0.717, 1.165) is 30.6 Å². The molecule has 2 aromatic carbocycles. The summed E-state index contributed by atoms with van der Waals surface area (Å²) in [7, 11) is 0. The third-order valence-corrected chi connectivity index (χ3v) is 3.09. The Morgan fingerprint density at radius 1 is 0.947 bits per heavy atom. The minimum absolute atomic E-state index is 0.925. The monoisotopic (exact) mass is 249 g/mol. The van der Waals surface area contributed by atoms with Crippen molar-refractivity contribution in [2.45, 2.75) is 19.3 Å². The van der Waals surface area contributed by atoms with Crippen LogP contribution in [0.1, 0.15) is 24.0 Å². The Morgan fingerprint density at radius 3 is 2.58 bits per heavy atom. The zero-order chi connectivity index (χ0) is 13.3. The fourth-order valence-corrected chi connectivity index (χ4v) is 2.05. The summed E-state index contributed by atoms with van der Waals surface area (Å²) in [6.45, 7) is 0.987. The minimum Gasteiger partial charge on any atom is -0.385 e. The molecule has 2 aromatic rings. The summed E-state index contributed by atoms with van der Waals surface area (Å²) >= 11 is 0. The van der Waals surface area contributed by atoms with Crippen molar-refractivity contribution in [1.29, 1.82) is 0 Å². The molecule has 0 spiro atoms. The number of hydrogen-bond donors (Lipinski definition) is 1. The van der Waals surface area contributed by atoms with Gasteiger partial charge in [-0.25, -0.2) is 0 Å². The third kappa shape index (κ3) is 4.52. The topological polar surface area (TPSA) is 12.0 Å². The number of nitrogens with one attached hydrogen (secondary N) is 1. The van der Waals surface area contributed by atoms with E-state index in [2.05, 4.69) is 47.6 Å². The molecule has 0 atom stereocenters. The fourth-order valence-electron chi connectivity index (χ4n) is 2.05. The minimum atomic E-state index is 0.925. The Labute approximate surface area is 115 Å². The van der Waals surface area contributed by atoms with Crippen LogP contribution in [0.4, 0.5) is 5.69 Å². The lowest BCUT2D eigenvalue weighted by Gasteiger charge is -2.06. The molecule has 1 nitrogen and oxygen atoms in total. The van der Waals surface area contributed by atoms with Crippen LogP contribution in [0.2, 0.25) is 0 Å². The second-order valence-corrected chi connectivity index (χ2v) is 4.59. The van der Waals surface area contributed by atoms with Crippen molar-refractivity contribution in [2.75, 3.05) is 11.9 Å². The Balaban J connectivity index is 1.68. The molecule has 19 heavy (non-hydrogen) atoms. The second-order valence-electron chi connectivity index (χ2n) is 4.59. The van der Waals surface area contributed by atoms with Gasteiger partial charge in [0.25, 0.3) is 0 Å². The summed E-state index contributed by atoms with van der Waals surface area (Å²) in [5, 5.41) is 3.41. The van der Waals surface area contributed by atoms with Gasteiger partial charge in [-0.3, -0.25) is 0 Å². The molecular formula is C18H19N. The first-order valence-electron chi connectivity index (χ1n) is 6.73. The van der Waals surface area contributed by atoms with E-state index >= 15 is 0 Å². The van der Waals surface area contributed by atoms with Crippen LogP contribution in [0.15, 0.2) is 54.6 Å². The predicted octanol–water partition coefficient (Wildman–Crippen LogP) is 4.10. The summed E-state index contributed by atoms with van der Waals surface area (Å²) < 4.78 is 0. The van der Waals surface area contributed by atoms with E-state index in [1.807, 2.05) is 18.2 Å². The highest BCUT2D eigenvalue weighted by atomic mass is 14.9. The zero-order valence-electron chi connectivity index (χ0n) is 11.1. The lowest BCUT2D eigenvalue weighted by atomic mass is 10.1. The van der Waals surface area contributed by atoms with Crippen LogP contribution in [0.3, 0.4) is 0 Å². The first-order chi connectivity index (χ1) is 9.38. The third-order valence-electron chi connectivity index (χ3n) is 3.09. The molecule has 2 rings (SSSR count). The molecule has 0 aromatic heterocycles. The van der Waals surface area contributed by atoms with Gasteiger partial charge in [-0.1, -0.05) is 42.3 Å². The van der Waals surface area contributed by atoms with E-state index in [1.54, 1.807) is 0 Å². The maximum atomic E-state index is 5.38. The molecule has 0 unspecified atom stereocenters. The van der Waals surface area contributed by atoms with Crippen LogP contribution in [-0.2, 0) is 6.42 Å². The highest BCUT2D eigenvalue weighted by Gasteiger charge is 1.95. The molecule has 0 radical (unpaired) electrons. The quantitative estimate of drug-likeness (QED) is 0.600. The zero-order valence-corrected chi connectivity index (χ0v) is 11.1. The van der Waals surface area contributed by atoms with Gasteiger partial charge < -0.3 is 5.32 Å². The van der Waals surface area contributed by atoms with E-state index in [-0.39, 0.29) is 0 Å². The summed E-state index contributed by atoms with van der Waals surface area (Å²) in [6, 6.07) is 18.6. The van der Waals surface area contributed by atoms with Crippen LogP contribution in [-0.4, -0.2) is 6.54 Å². The molecule has 0 heterocycles. The molecule has 0 fully saturated rings. The van der Waals surface area contributed by atoms with Crippen LogP contribution in [0.5, 0.6) is 0 Å². The SMILES string of the molecule is C#Cc1cccc(NCCCCc2ccccc2)c1. The van der Waals surface area contributed by atoms with Gasteiger partial charge in [-0.15, -0.1) is 6.42 Å². The average Bonchev–Trinajstić information content (AvgIpc) is 2.48. The number of terminal acetylenes is 1. The van der Waals surface area contributed by atoms with Gasteiger partial charge in [0.1, 0.15) is 0 Å². The van der Waals surface area contributed by atoms with Crippen LogP contribution in [0, 0.1) is 12.3 Å². The molecular weight excluding hydrogens is 230 g/mol. The second kappa shape index (κ2) is 7.28. The van der Waals surface area contributed by atoms with Crippen molar-refractivity contribution < 1.29 is 0 Å². The van der Waals surface area contributed by atoms with Crippen molar-refractivity contribution in [3.05, 3.63) is 65.7 Å². The Kier molecular flexibility index (Phi) is 5.07. The van der Waals surface area contributed by atoms with Crippen molar-refractivity contribution in [1.82, 2.24) is 0 Å². The van der Waals surface area contributed by atoms with Crippen molar-refractivity contribution in [3.8, 4) is 12.3 Å². The predicted molar refractivity (Wildman–Crippen MR) is 82.2 cm³/mol. The van der Waals surface area contributed by atoms with Crippen LogP contribution < -0.4 is 5.32 Å². The highest BCUT2D eigenvalue weighted by Crippen LogP contribution is 2.10. The molecule has 0 amide bonds. The molecule has 1 N–H and O–H groups in total. The van der Waals surface area contributed by atoms with Gasteiger partial charge in [0.2, 0.25) is 0 Å². The first-order valence-corrected chi connectivity index (χ1v) is 6.73. The molecule has 96 valence electrons. The van der Waals surface area contributed by atoms with E-state index in [4.69, 9.17) is 6.42 Å². The largest absolute Gasteiger partial charge is 0.385 e. The van der Waals surface area contributed by atoms with Gasteiger partial charge in [0.15, 0.2) is 0 Å². The van der Waals surface area contributed by atoms with E-state index in [0.29, 0.717) is 0 Å². The van der Waals surface area contributed by atoms with E-state index in [1.165, 1.54) is 12.0 Å². The van der Waals surface area contributed by atoms with E-state index in [9.17, 15) is 0 Å².